The first-order valence-corrected chi connectivity index (χ1v) is 16.2. The van der Waals surface area contributed by atoms with E-state index < -0.39 is 0 Å². The van der Waals surface area contributed by atoms with Crippen molar-refractivity contribution in [1.82, 2.24) is 10.2 Å². The summed E-state index contributed by atoms with van der Waals surface area (Å²) in [5.74, 6) is 3.66. The van der Waals surface area contributed by atoms with Crippen LogP contribution in [0.3, 0.4) is 0 Å². The second-order valence-corrected chi connectivity index (χ2v) is 12.5. The van der Waals surface area contributed by atoms with Crippen LogP contribution in [0.2, 0.25) is 0 Å². The minimum atomic E-state index is 0.383. The zero-order valence-electron chi connectivity index (χ0n) is 26.4. The molecule has 2 heterocycles. The number of rotatable bonds is 13. The first-order chi connectivity index (χ1) is 19.8. The molecule has 0 amide bonds. The van der Waals surface area contributed by atoms with Crippen molar-refractivity contribution in [3.63, 3.8) is 0 Å². The van der Waals surface area contributed by atoms with E-state index in [0.29, 0.717) is 35.3 Å². The van der Waals surface area contributed by atoms with E-state index in [9.17, 15) is 0 Å². The van der Waals surface area contributed by atoms with E-state index in [1.54, 1.807) is 26.9 Å². The van der Waals surface area contributed by atoms with Gasteiger partial charge in [-0.05, 0) is 71.7 Å². The van der Waals surface area contributed by atoms with Crippen LogP contribution in [-0.4, -0.2) is 51.9 Å². The fraction of sp³-hybridized carbons (Fsp3) is 0.543. The van der Waals surface area contributed by atoms with Crippen molar-refractivity contribution in [3.05, 3.63) is 74.5 Å². The maximum atomic E-state index is 5.82. The lowest BCUT2D eigenvalue weighted by Gasteiger charge is -2.39. The molecule has 6 heteroatoms. The third-order valence-corrected chi connectivity index (χ3v) is 9.80. The Morgan fingerprint density at radius 1 is 0.927 bits per heavy atom. The smallest absolute Gasteiger partial charge is 0.203 e. The van der Waals surface area contributed by atoms with Gasteiger partial charge in [0.25, 0.3) is 0 Å². The van der Waals surface area contributed by atoms with Gasteiger partial charge in [-0.2, -0.15) is 11.3 Å². The average molecular weight is 579 g/mol. The Balaban J connectivity index is 1.64. The highest BCUT2D eigenvalue weighted by atomic mass is 32.1. The Hall–Kier alpha value is -2.54. The molecule has 0 aliphatic carbocycles. The summed E-state index contributed by atoms with van der Waals surface area (Å²) in [5, 5.41) is 8.83. The van der Waals surface area contributed by atoms with E-state index in [2.05, 4.69) is 79.9 Å². The average Bonchev–Trinajstić information content (AvgIpc) is 3.46. The molecule has 4 rings (SSSR count). The summed E-state index contributed by atoms with van der Waals surface area (Å²) in [4.78, 5) is 2.57. The summed E-state index contributed by atoms with van der Waals surface area (Å²) >= 11 is 1.87. The van der Waals surface area contributed by atoms with E-state index in [1.165, 1.54) is 35.1 Å². The van der Waals surface area contributed by atoms with Crippen molar-refractivity contribution in [2.45, 2.75) is 78.3 Å². The topological polar surface area (TPSA) is 43.0 Å². The van der Waals surface area contributed by atoms with Crippen molar-refractivity contribution in [2.24, 2.45) is 5.92 Å². The number of benzene rings is 2. The van der Waals surface area contributed by atoms with Crippen molar-refractivity contribution in [2.75, 3.05) is 41.0 Å². The summed E-state index contributed by atoms with van der Waals surface area (Å²) in [7, 11) is 5.05. The summed E-state index contributed by atoms with van der Waals surface area (Å²) < 4.78 is 17.0. The highest BCUT2D eigenvalue weighted by Crippen LogP contribution is 2.42. The van der Waals surface area contributed by atoms with Gasteiger partial charge >= 0.3 is 0 Å². The fourth-order valence-electron chi connectivity index (χ4n) is 6.62. The van der Waals surface area contributed by atoms with E-state index in [-0.39, 0.29) is 0 Å². The lowest BCUT2D eigenvalue weighted by Crippen LogP contribution is -2.53. The molecule has 1 saturated heterocycles. The molecule has 1 fully saturated rings. The van der Waals surface area contributed by atoms with Crippen molar-refractivity contribution in [1.29, 1.82) is 0 Å². The maximum Gasteiger partial charge on any atom is 0.203 e. The van der Waals surface area contributed by atoms with E-state index in [0.717, 1.165) is 43.9 Å². The number of nitrogens with zero attached hydrogens (tertiary/aromatic N) is 1. The molecule has 1 aromatic heterocycles. The quantitative estimate of drug-likeness (QED) is 0.223. The number of hydrogen-bond acceptors (Lipinski definition) is 6. The van der Waals surface area contributed by atoms with Crippen LogP contribution in [0.15, 0.2) is 41.1 Å². The van der Waals surface area contributed by atoms with Crippen LogP contribution in [0.1, 0.15) is 85.3 Å². The maximum absolute atomic E-state index is 5.82. The molecule has 4 atom stereocenters. The molecule has 2 aromatic carbocycles. The molecule has 1 N–H and O–H groups in total. The number of thiophene rings is 1. The van der Waals surface area contributed by atoms with Gasteiger partial charge in [0, 0.05) is 49.6 Å². The van der Waals surface area contributed by atoms with E-state index >= 15 is 0 Å². The molecule has 3 aromatic rings. The number of nitrogens with one attached hydrogen (secondary N) is 1. The molecule has 4 unspecified atom stereocenters. The van der Waals surface area contributed by atoms with Gasteiger partial charge in [0.05, 0.1) is 21.3 Å². The first-order valence-electron chi connectivity index (χ1n) is 15.2. The lowest BCUT2D eigenvalue weighted by molar-refractivity contribution is 0.168. The number of methoxy groups -OCH3 is 3. The molecule has 41 heavy (non-hydrogen) atoms. The van der Waals surface area contributed by atoms with Crippen LogP contribution in [-0.2, 0) is 6.54 Å². The van der Waals surface area contributed by atoms with Crippen LogP contribution in [0.5, 0.6) is 17.2 Å². The Morgan fingerprint density at radius 2 is 1.68 bits per heavy atom. The van der Waals surface area contributed by atoms with Crippen LogP contribution in [0.4, 0.5) is 0 Å². The number of ether oxygens (including phenoxy) is 3. The van der Waals surface area contributed by atoms with Gasteiger partial charge in [0.1, 0.15) is 0 Å². The molecular weight excluding hydrogens is 528 g/mol. The van der Waals surface area contributed by atoms with Crippen LogP contribution in [0, 0.1) is 19.8 Å². The summed E-state index contributed by atoms with van der Waals surface area (Å²) in [6.07, 6.45) is 3.49. The SMILES string of the molecule is CCC(C)CC(c1cscc1C(CC)c1ccc(C)cc1C)C1CN(Cc2ccc(OC)c(OC)c2OC)CCN1. The monoisotopic (exact) mass is 578 g/mol. The summed E-state index contributed by atoms with van der Waals surface area (Å²) in [6.45, 7) is 15.3. The van der Waals surface area contributed by atoms with Gasteiger partial charge < -0.3 is 19.5 Å². The molecule has 0 saturated carbocycles. The second-order valence-electron chi connectivity index (χ2n) is 11.7. The normalized spacial score (nSPS) is 18.1. The number of aryl methyl sites for hydroxylation is 2. The van der Waals surface area contributed by atoms with E-state index in [4.69, 9.17) is 14.2 Å². The Labute approximate surface area is 252 Å². The van der Waals surface area contributed by atoms with Gasteiger partial charge in [-0.3, -0.25) is 4.90 Å². The van der Waals surface area contributed by atoms with Crippen molar-refractivity contribution in [3.8, 4) is 17.2 Å². The predicted molar refractivity (Wildman–Crippen MR) is 172 cm³/mol. The third kappa shape index (κ3) is 7.10. The molecule has 1 aliphatic heterocycles. The summed E-state index contributed by atoms with van der Waals surface area (Å²) in [5.41, 5.74) is 8.40. The molecule has 224 valence electrons. The zero-order chi connectivity index (χ0) is 29.5. The largest absolute Gasteiger partial charge is 0.493 e. The Bertz CT molecular complexity index is 1270. The van der Waals surface area contributed by atoms with Gasteiger partial charge in [0.15, 0.2) is 11.5 Å². The van der Waals surface area contributed by atoms with Crippen LogP contribution >= 0.6 is 11.3 Å². The first kappa shape index (κ1) is 31.4. The lowest BCUT2D eigenvalue weighted by atomic mass is 9.77. The number of piperazine rings is 1. The highest BCUT2D eigenvalue weighted by Gasteiger charge is 2.33. The third-order valence-electron chi connectivity index (χ3n) is 9.02. The van der Waals surface area contributed by atoms with Gasteiger partial charge in [-0.1, -0.05) is 57.0 Å². The Morgan fingerprint density at radius 3 is 2.34 bits per heavy atom. The minimum Gasteiger partial charge on any atom is -0.493 e. The van der Waals surface area contributed by atoms with Crippen LogP contribution in [0.25, 0.3) is 0 Å². The standard InChI is InChI=1S/C35H50N2O3S/c1-9-23(3)18-29(31-22-41-21-30(31)27(10-2)28-13-11-24(4)17-25(28)5)32-20-37(16-15-36-32)19-26-12-14-33(38-6)35(40-8)34(26)39-7/h11-14,17,21-23,27,29,32,36H,9-10,15-16,18-20H2,1-8H3. The minimum absolute atomic E-state index is 0.383. The van der Waals surface area contributed by atoms with Crippen LogP contribution < -0.4 is 19.5 Å². The molecule has 5 nitrogen and oxygen atoms in total. The summed E-state index contributed by atoms with van der Waals surface area (Å²) in [6, 6.07) is 11.5. The zero-order valence-corrected chi connectivity index (χ0v) is 27.2. The Kier molecular flexibility index (Phi) is 11.2. The predicted octanol–water partition coefficient (Wildman–Crippen LogP) is 7.93. The van der Waals surface area contributed by atoms with Crippen molar-refractivity contribution < 1.29 is 14.2 Å². The molecule has 0 bridgehead atoms. The molecule has 0 spiro atoms. The highest BCUT2D eigenvalue weighted by molar-refractivity contribution is 7.08. The second kappa shape index (κ2) is 14.6. The van der Waals surface area contributed by atoms with E-state index in [1.807, 2.05) is 17.4 Å². The molecule has 0 radical (unpaired) electrons. The van der Waals surface area contributed by atoms with Crippen molar-refractivity contribution >= 4 is 11.3 Å². The fourth-order valence-corrected chi connectivity index (χ4v) is 7.59. The molecular formula is C35H50N2O3S. The molecule has 1 aliphatic rings. The number of hydrogen-bond donors (Lipinski definition) is 1. The van der Waals surface area contributed by atoms with Gasteiger partial charge in [0.2, 0.25) is 5.75 Å². The van der Waals surface area contributed by atoms with Gasteiger partial charge in [-0.25, -0.2) is 0 Å². The van der Waals surface area contributed by atoms with Gasteiger partial charge in [-0.15, -0.1) is 0 Å².